The molecule has 0 unspecified atom stereocenters. The lowest BCUT2D eigenvalue weighted by Crippen LogP contribution is -2.25. The fourth-order valence-electron chi connectivity index (χ4n) is 3.09. The summed E-state index contributed by atoms with van der Waals surface area (Å²) in [6.45, 7) is 0. The summed E-state index contributed by atoms with van der Waals surface area (Å²) in [4.78, 5) is 25.6. The molecular formula is C26H25NO6. The Morgan fingerprint density at radius 2 is 1.58 bits per heavy atom. The van der Waals surface area contributed by atoms with Gasteiger partial charge in [-0.3, -0.25) is 4.79 Å². The van der Waals surface area contributed by atoms with Gasteiger partial charge in [-0.1, -0.05) is 42.5 Å². The van der Waals surface area contributed by atoms with Crippen LogP contribution in [0.2, 0.25) is 0 Å². The lowest BCUT2D eigenvalue weighted by Gasteiger charge is -2.17. The second-order valence-electron chi connectivity index (χ2n) is 6.90. The Bertz CT molecular complexity index is 1130. The van der Waals surface area contributed by atoms with E-state index in [9.17, 15) is 9.59 Å². The highest BCUT2D eigenvalue weighted by Crippen LogP contribution is 2.28. The van der Waals surface area contributed by atoms with Crippen molar-refractivity contribution < 1.29 is 28.5 Å². The lowest BCUT2D eigenvalue weighted by atomic mass is 10.1. The zero-order valence-electron chi connectivity index (χ0n) is 18.6. The van der Waals surface area contributed by atoms with Crippen LogP contribution in [0, 0.1) is 0 Å². The molecule has 1 N–H and O–H groups in total. The van der Waals surface area contributed by atoms with Crippen LogP contribution in [0.25, 0.3) is 6.08 Å². The highest BCUT2D eigenvalue weighted by molar-refractivity contribution is 5.97. The second-order valence-corrected chi connectivity index (χ2v) is 6.90. The topological polar surface area (TPSA) is 83.1 Å². The van der Waals surface area contributed by atoms with Crippen LogP contribution in [-0.2, 0) is 14.3 Å². The van der Waals surface area contributed by atoms with E-state index < -0.39 is 18.0 Å². The zero-order valence-corrected chi connectivity index (χ0v) is 18.6. The fraction of sp³-hybridized carbons (Fsp3) is 0.154. The number of esters is 1. The molecule has 1 atom stereocenters. The summed E-state index contributed by atoms with van der Waals surface area (Å²) in [7, 11) is 4.62. The van der Waals surface area contributed by atoms with E-state index in [1.54, 1.807) is 87.0 Å². The number of nitrogens with one attached hydrogen (secondary N) is 1. The molecule has 0 aliphatic heterocycles. The van der Waals surface area contributed by atoms with Crippen LogP contribution in [0.4, 0.5) is 5.69 Å². The summed E-state index contributed by atoms with van der Waals surface area (Å²) in [6, 6.07) is 21.0. The molecule has 3 aromatic carbocycles. The minimum atomic E-state index is -1.14. The maximum absolute atomic E-state index is 13.0. The van der Waals surface area contributed by atoms with Gasteiger partial charge in [0, 0.05) is 23.4 Å². The largest absolute Gasteiger partial charge is 0.497 e. The third kappa shape index (κ3) is 6.36. The number of amides is 1. The molecule has 170 valence electrons. The van der Waals surface area contributed by atoms with Crippen molar-refractivity contribution in [3.8, 4) is 17.2 Å². The van der Waals surface area contributed by atoms with Gasteiger partial charge in [0.25, 0.3) is 5.91 Å². The molecule has 3 rings (SSSR count). The second kappa shape index (κ2) is 11.4. The molecule has 0 aromatic heterocycles. The molecule has 7 nitrogen and oxygen atoms in total. The Balaban J connectivity index is 1.77. The molecule has 0 aliphatic carbocycles. The van der Waals surface area contributed by atoms with Crippen LogP contribution in [0.15, 0.2) is 78.9 Å². The number of carbonyl (C=O) groups excluding carboxylic acids is 2. The minimum Gasteiger partial charge on any atom is -0.497 e. The average Bonchev–Trinajstić information content (AvgIpc) is 2.86. The number of hydrogen-bond donors (Lipinski definition) is 1. The summed E-state index contributed by atoms with van der Waals surface area (Å²) < 4.78 is 21.2. The number of carbonyl (C=O) groups is 2. The Kier molecular flexibility index (Phi) is 8.07. The SMILES string of the molecule is COc1cccc(NC(=O)[C@H](OC(=O)/C=C/c2ccc(OC)c(OC)c2)c2ccccc2)c1. The van der Waals surface area contributed by atoms with Gasteiger partial charge >= 0.3 is 5.97 Å². The van der Waals surface area contributed by atoms with Crippen molar-refractivity contribution in [3.05, 3.63) is 90.0 Å². The molecule has 0 saturated carbocycles. The van der Waals surface area contributed by atoms with Crippen LogP contribution in [0.1, 0.15) is 17.2 Å². The zero-order chi connectivity index (χ0) is 23.6. The quantitative estimate of drug-likeness (QED) is 0.380. The number of rotatable bonds is 9. The van der Waals surface area contributed by atoms with Crippen LogP contribution in [-0.4, -0.2) is 33.2 Å². The lowest BCUT2D eigenvalue weighted by molar-refractivity contribution is -0.149. The molecule has 0 heterocycles. The summed E-state index contributed by atoms with van der Waals surface area (Å²) >= 11 is 0. The maximum Gasteiger partial charge on any atom is 0.331 e. The molecule has 0 saturated heterocycles. The first-order valence-corrected chi connectivity index (χ1v) is 10.1. The normalized spacial score (nSPS) is 11.5. The van der Waals surface area contributed by atoms with E-state index in [2.05, 4.69) is 5.32 Å². The van der Waals surface area contributed by atoms with Crippen molar-refractivity contribution in [1.29, 1.82) is 0 Å². The number of anilines is 1. The summed E-state index contributed by atoms with van der Waals surface area (Å²) in [5, 5.41) is 2.77. The van der Waals surface area contributed by atoms with E-state index in [0.717, 1.165) is 0 Å². The van der Waals surface area contributed by atoms with E-state index in [1.807, 2.05) is 6.07 Å². The van der Waals surface area contributed by atoms with Gasteiger partial charge in [-0.05, 0) is 35.9 Å². The molecule has 0 fully saturated rings. The fourth-order valence-corrected chi connectivity index (χ4v) is 3.09. The van der Waals surface area contributed by atoms with Gasteiger partial charge in [0.05, 0.1) is 21.3 Å². The van der Waals surface area contributed by atoms with E-state index in [-0.39, 0.29) is 0 Å². The Hall–Kier alpha value is -4.26. The van der Waals surface area contributed by atoms with Crippen molar-refractivity contribution in [3.63, 3.8) is 0 Å². The minimum absolute atomic E-state index is 0.484. The van der Waals surface area contributed by atoms with Gasteiger partial charge in [-0.15, -0.1) is 0 Å². The van der Waals surface area contributed by atoms with E-state index in [4.69, 9.17) is 18.9 Å². The first-order chi connectivity index (χ1) is 16.0. The van der Waals surface area contributed by atoms with Crippen LogP contribution in [0.5, 0.6) is 17.2 Å². The monoisotopic (exact) mass is 447 g/mol. The first-order valence-electron chi connectivity index (χ1n) is 10.1. The highest BCUT2D eigenvalue weighted by Gasteiger charge is 2.24. The molecule has 1 amide bonds. The third-order valence-electron chi connectivity index (χ3n) is 4.73. The van der Waals surface area contributed by atoms with Crippen LogP contribution >= 0.6 is 0 Å². The Morgan fingerprint density at radius 3 is 2.27 bits per heavy atom. The number of ether oxygens (including phenoxy) is 4. The Labute approximate surface area is 192 Å². The van der Waals surface area contributed by atoms with Crippen molar-refractivity contribution in [2.75, 3.05) is 26.6 Å². The average molecular weight is 447 g/mol. The highest BCUT2D eigenvalue weighted by atomic mass is 16.5. The molecular weight excluding hydrogens is 422 g/mol. The van der Waals surface area contributed by atoms with E-state index in [1.165, 1.54) is 13.2 Å². The maximum atomic E-state index is 13.0. The predicted octanol–water partition coefficient (Wildman–Crippen LogP) is 4.65. The van der Waals surface area contributed by atoms with Gasteiger partial charge in [0.2, 0.25) is 6.10 Å². The molecule has 7 heteroatoms. The van der Waals surface area contributed by atoms with E-state index in [0.29, 0.717) is 34.1 Å². The standard InChI is InChI=1S/C26H25NO6/c1-30-21-11-7-10-20(17-21)27-26(29)25(19-8-5-4-6-9-19)33-24(28)15-13-18-12-14-22(31-2)23(16-18)32-3/h4-17,25H,1-3H3,(H,27,29)/b15-13+/t25-/m1/s1. The molecule has 0 radical (unpaired) electrons. The molecule has 0 aliphatic rings. The van der Waals surface area contributed by atoms with Gasteiger partial charge in [0.1, 0.15) is 5.75 Å². The summed E-state index contributed by atoms with van der Waals surface area (Å²) in [5.74, 6) is 0.559. The van der Waals surface area contributed by atoms with Gasteiger partial charge in [0.15, 0.2) is 11.5 Å². The third-order valence-corrected chi connectivity index (χ3v) is 4.73. The number of methoxy groups -OCH3 is 3. The number of hydrogen-bond acceptors (Lipinski definition) is 6. The van der Waals surface area contributed by atoms with Crippen LogP contribution < -0.4 is 19.5 Å². The van der Waals surface area contributed by atoms with Crippen molar-refractivity contribution in [2.24, 2.45) is 0 Å². The van der Waals surface area contributed by atoms with Crippen LogP contribution in [0.3, 0.4) is 0 Å². The summed E-state index contributed by atoms with van der Waals surface area (Å²) in [6.07, 6.45) is 1.70. The Morgan fingerprint density at radius 1 is 0.818 bits per heavy atom. The molecule has 3 aromatic rings. The molecule has 0 bridgehead atoms. The number of benzene rings is 3. The predicted molar refractivity (Wildman–Crippen MR) is 125 cm³/mol. The molecule has 33 heavy (non-hydrogen) atoms. The van der Waals surface area contributed by atoms with Crippen molar-refractivity contribution in [1.82, 2.24) is 0 Å². The van der Waals surface area contributed by atoms with Gasteiger partial charge < -0.3 is 24.3 Å². The van der Waals surface area contributed by atoms with Crippen molar-refractivity contribution in [2.45, 2.75) is 6.10 Å². The van der Waals surface area contributed by atoms with Gasteiger partial charge in [-0.2, -0.15) is 0 Å². The smallest absolute Gasteiger partial charge is 0.331 e. The van der Waals surface area contributed by atoms with Gasteiger partial charge in [-0.25, -0.2) is 4.79 Å². The first kappa shape index (κ1) is 23.4. The molecule has 0 spiro atoms. The summed E-state index contributed by atoms with van der Waals surface area (Å²) in [5.41, 5.74) is 1.78. The van der Waals surface area contributed by atoms with Crippen molar-refractivity contribution >= 4 is 23.6 Å². The van der Waals surface area contributed by atoms with E-state index >= 15 is 0 Å².